The molecule has 5 heteroatoms. The van der Waals surface area contributed by atoms with Crippen LogP contribution in [-0.2, 0) is 10.1 Å². The fourth-order valence-corrected chi connectivity index (χ4v) is 1.85. The Bertz CT molecular complexity index is 474. The molecule has 0 heterocycles. The number of aryl methyl sites for hydroxylation is 1. The van der Waals surface area contributed by atoms with E-state index in [0.717, 1.165) is 0 Å². The fourth-order valence-electron chi connectivity index (χ4n) is 1.10. The number of Topliss-reactive ketones (excluding diaryl/α,β-unsaturated/α-hetero) is 1. The first-order chi connectivity index (χ1) is 6.32. The lowest BCUT2D eigenvalue weighted by atomic mass is 10.1. The highest BCUT2D eigenvalue weighted by Crippen LogP contribution is 2.16. The molecule has 0 atom stereocenters. The number of ketones is 1. The summed E-state index contributed by atoms with van der Waals surface area (Å²) in [6.45, 7) is 2.88. The van der Waals surface area contributed by atoms with E-state index in [0.29, 0.717) is 5.56 Å². The van der Waals surface area contributed by atoms with Crippen LogP contribution < -0.4 is 0 Å². The monoisotopic (exact) mass is 214 g/mol. The highest BCUT2D eigenvalue weighted by Gasteiger charge is 2.14. The van der Waals surface area contributed by atoms with Gasteiger partial charge in [0.25, 0.3) is 10.1 Å². The van der Waals surface area contributed by atoms with Crippen LogP contribution in [0.1, 0.15) is 22.8 Å². The maximum atomic E-state index is 11.0. The predicted molar refractivity (Wildman–Crippen MR) is 51.0 cm³/mol. The van der Waals surface area contributed by atoms with E-state index in [9.17, 15) is 13.2 Å². The Morgan fingerprint density at radius 2 is 1.93 bits per heavy atom. The van der Waals surface area contributed by atoms with Gasteiger partial charge in [-0.15, -0.1) is 0 Å². The van der Waals surface area contributed by atoms with E-state index in [1.165, 1.54) is 25.1 Å². The Hall–Kier alpha value is -1.20. The van der Waals surface area contributed by atoms with Gasteiger partial charge in [-0.05, 0) is 25.5 Å². The molecule has 0 spiro atoms. The zero-order valence-electron chi connectivity index (χ0n) is 7.81. The van der Waals surface area contributed by atoms with Crippen LogP contribution in [0.2, 0.25) is 0 Å². The van der Waals surface area contributed by atoms with E-state index in [4.69, 9.17) is 4.55 Å². The summed E-state index contributed by atoms with van der Waals surface area (Å²) in [6.07, 6.45) is 0. The van der Waals surface area contributed by atoms with Gasteiger partial charge in [0.15, 0.2) is 5.78 Å². The Balaban J connectivity index is 3.44. The molecule has 0 aromatic heterocycles. The van der Waals surface area contributed by atoms with Gasteiger partial charge in [0.05, 0.1) is 4.90 Å². The van der Waals surface area contributed by atoms with E-state index >= 15 is 0 Å². The molecule has 0 radical (unpaired) electrons. The van der Waals surface area contributed by atoms with E-state index in [1.54, 1.807) is 6.92 Å². The predicted octanol–water partition coefficient (Wildman–Crippen LogP) is 1.44. The van der Waals surface area contributed by atoms with Gasteiger partial charge in [-0.1, -0.05) is 12.1 Å². The van der Waals surface area contributed by atoms with Crippen molar-refractivity contribution in [3.63, 3.8) is 0 Å². The molecule has 0 aliphatic heterocycles. The quantitative estimate of drug-likeness (QED) is 0.597. The van der Waals surface area contributed by atoms with Gasteiger partial charge < -0.3 is 0 Å². The Kier molecular flexibility index (Phi) is 2.73. The van der Waals surface area contributed by atoms with Crippen LogP contribution in [0.15, 0.2) is 23.1 Å². The summed E-state index contributed by atoms with van der Waals surface area (Å²) in [6, 6.07) is 4.18. The summed E-state index contributed by atoms with van der Waals surface area (Å²) < 4.78 is 30.6. The summed E-state index contributed by atoms with van der Waals surface area (Å²) in [7, 11) is -4.24. The van der Waals surface area contributed by atoms with Gasteiger partial charge in [0.2, 0.25) is 0 Å². The molecule has 1 rings (SSSR count). The molecule has 0 aliphatic rings. The number of benzene rings is 1. The first-order valence-corrected chi connectivity index (χ1v) is 5.35. The number of carbonyl (C=O) groups is 1. The Labute approximate surface area is 82.3 Å². The minimum atomic E-state index is -4.24. The van der Waals surface area contributed by atoms with E-state index in [-0.39, 0.29) is 16.2 Å². The largest absolute Gasteiger partial charge is 0.295 e. The second kappa shape index (κ2) is 3.51. The number of rotatable bonds is 2. The van der Waals surface area contributed by atoms with Crippen LogP contribution >= 0.6 is 0 Å². The van der Waals surface area contributed by atoms with E-state index in [2.05, 4.69) is 0 Å². The zero-order chi connectivity index (χ0) is 10.9. The molecular formula is C9H10O4S. The average molecular weight is 214 g/mol. The summed E-state index contributed by atoms with van der Waals surface area (Å²) in [5.74, 6) is -0.241. The summed E-state index contributed by atoms with van der Waals surface area (Å²) in [5.41, 5.74) is 0.681. The van der Waals surface area contributed by atoms with Gasteiger partial charge in [0, 0.05) is 5.56 Å². The highest BCUT2D eigenvalue weighted by atomic mass is 32.2. The first kappa shape index (κ1) is 10.9. The molecule has 0 unspecified atom stereocenters. The van der Waals surface area contributed by atoms with Crippen LogP contribution in [-0.4, -0.2) is 18.8 Å². The van der Waals surface area contributed by atoms with E-state index in [1.807, 2.05) is 0 Å². The molecule has 0 fully saturated rings. The third kappa shape index (κ3) is 2.18. The van der Waals surface area contributed by atoms with Crippen LogP contribution in [0, 0.1) is 6.92 Å². The van der Waals surface area contributed by atoms with Gasteiger partial charge in [-0.25, -0.2) is 0 Å². The third-order valence-corrected chi connectivity index (χ3v) is 2.87. The maximum absolute atomic E-state index is 11.0. The van der Waals surface area contributed by atoms with Crippen molar-refractivity contribution in [2.45, 2.75) is 18.7 Å². The third-order valence-electron chi connectivity index (χ3n) is 1.87. The lowest BCUT2D eigenvalue weighted by molar-refractivity contribution is 0.101. The lowest BCUT2D eigenvalue weighted by Gasteiger charge is -2.03. The Morgan fingerprint density at radius 3 is 2.36 bits per heavy atom. The van der Waals surface area contributed by atoms with Crippen molar-refractivity contribution in [1.29, 1.82) is 0 Å². The SMILES string of the molecule is CC(=O)c1ccc(C)c(S(=O)(=O)O)c1. The van der Waals surface area contributed by atoms with E-state index < -0.39 is 10.1 Å². The van der Waals surface area contributed by atoms with Gasteiger partial charge in [0.1, 0.15) is 0 Å². The second-order valence-corrected chi connectivity index (χ2v) is 4.40. The lowest BCUT2D eigenvalue weighted by Crippen LogP contribution is -2.03. The van der Waals surface area contributed by atoms with Crippen molar-refractivity contribution < 1.29 is 17.8 Å². The maximum Gasteiger partial charge on any atom is 0.294 e. The first-order valence-electron chi connectivity index (χ1n) is 3.91. The molecule has 0 bridgehead atoms. The molecule has 14 heavy (non-hydrogen) atoms. The number of hydrogen-bond acceptors (Lipinski definition) is 3. The highest BCUT2D eigenvalue weighted by molar-refractivity contribution is 7.85. The second-order valence-electron chi connectivity index (χ2n) is 3.01. The molecule has 0 aliphatic carbocycles. The minimum Gasteiger partial charge on any atom is -0.295 e. The van der Waals surface area contributed by atoms with Crippen molar-refractivity contribution in [3.8, 4) is 0 Å². The topological polar surface area (TPSA) is 71.4 Å². The average Bonchev–Trinajstić information content (AvgIpc) is 2.02. The summed E-state index contributed by atoms with van der Waals surface area (Å²) in [5, 5.41) is 0. The summed E-state index contributed by atoms with van der Waals surface area (Å²) in [4.78, 5) is 10.7. The van der Waals surface area contributed by atoms with Crippen LogP contribution in [0.25, 0.3) is 0 Å². The standard InChI is InChI=1S/C9H10O4S/c1-6-3-4-8(7(2)10)5-9(6)14(11,12)13/h3-5H,1-2H3,(H,11,12,13). The molecular weight excluding hydrogens is 204 g/mol. The van der Waals surface area contributed by atoms with Crippen molar-refractivity contribution in [2.24, 2.45) is 0 Å². The molecule has 1 N–H and O–H groups in total. The van der Waals surface area contributed by atoms with Crippen LogP contribution in [0.4, 0.5) is 0 Å². The molecule has 4 nitrogen and oxygen atoms in total. The van der Waals surface area contributed by atoms with Crippen molar-refractivity contribution in [1.82, 2.24) is 0 Å². The smallest absolute Gasteiger partial charge is 0.294 e. The van der Waals surface area contributed by atoms with Gasteiger partial charge in [-0.3, -0.25) is 9.35 Å². The Morgan fingerprint density at radius 1 is 1.36 bits per heavy atom. The summed E-state index contributed by atoms with van der Waals surface area (Å²) >= 11 is 0. The number of hydrogen-bond donors (Lipinski definition) is 1. The normalized spacial score (nSPS) is 11.4. The number of carbonyl (C=O) groups excluding carboxylic acids is 1. The van der Waals surface area contributed by atoms with Crippen molar-refractivity contribution >= 4 is 15.9 Å². The van der Waals surface area contributed by atoms with Crippen molar-refractivity contribution in [2.75, 3.05) is 0 Å². The molecule has 0 amide bonds. The van der Waals surface area contributed by atoms with Gasteiger partial charge in [-0.2, -0.15) is 8.42 Å². The molecule has 0 saturated carbocycles. The van der Waals surface area contributed by atoms with Crippen molar-refractivity contribution in [3.05, 3.63) is 29.3 Å². The van der Waals surface area contributed by atoms with Crippen LogP contribution in [0.3, 0.4) is 0 Å². The molecule has 1 aromatic rings. The fraction of sp³-hybridized carbons (Fsp3) is 0.222. The molecule has 1 aromatic carbocycles. The minimum absolute atomic E-state index is 0.217. The molecule has 0 saturated heterocycles. The molecule has 76 valence electrons. The van der Waals surface area contributed by atoms with Crippen LogP contribution in [0.5, 0.6) is 0 Å². The zero-order valence-corrected chi connectivity index (χ0v) is 8.63. The van der Waals surface area contributed by atoms with Gasteiger partial charge >= 0.3 is 0 Å².